The lowest BCUT2D eigenvalue weighted by Crippen LogP contribution is -2.11. The van der Waals surface area contributed by atoms with E-state index < -0.39 is 11.9 Å². The van der Waals surface area contributed by atoms with E-state index in [2.05, 4.69) is 0 Å². The molecular weight excluding hydrogens is 392 g/mol. The van der Waals surface area contributed by atoms with Crippen molar-refractivity contribution in [3.8, 4) is 11.5 Å². The first-order chi connectivity index (χ1) is 14.5. The Labute approximate surface area is 174 Å². The maximum atomic E-state index is 12.0. The summed E-state index contributed by atoms with van der Waals surface area (Å²) in [5.74, 6) is -0.230. The molecule has 0 fully saturated rings. The Morgan fingerprint density at radius 1 is 0.700 bits per heavy atom. The number of hydrogen-bond acceptors (Lipinski definition) is 8. The van der Waals surface area contributed by atoms with Gasteiger partial charge >= 0.3 is 11.9 Å². The minimum absolute atomic E-state index is 0.0635. The molecule has 8 nitrogen and oxygen atoms in total. The van der Waals surface area contributed by atoms with E-state index in [-0.39, 0.29) is 24.7 Å². The normalized spacial score (nSPS) is 10.7. The lowest BCUT2D eigenvalue weighted by molar-refractivity contribution is 0.0322. The van der Waals surface area contributed by atoms with Crippen molar-refractivity contribution in [2.75, 3.05) is 42.0 Å². The lowest BCUT2D eigenvalue weighted by Gasteiger charge is -2.12. The molecule has 0 aliphatic heterocycles. The van der Waals surface area contributed by atoms with Gasteiger partial charge < -0.3 is 28.4 Å². The molecule has 0 spiro atoms. The average Bonchev–Trinajstić information content (AvgIpc) is 2.79. The van der Waals surface area contributed by atoms with Crippen LogP contribution in [0, 0.1) is 0 Å². The number of carbonyl (C=O) groups excluding carboxylic acids is 2. The monoisotopic (exact) mass is 416 g/mol. The van der Waals surface area contributed by atoms with E-state index in [0.29, 0.717) is 17.1 Å². The molecule has 0 saturated heterocycles. The molecule has 8 heteroatoms. The Balaban J connectivity index is 2.31. The third kappa shape index (κ3) is 6.07. The first-order valence-corrected chi connectivity index (χ1v) is 8.90. The summed E-state index contributed by atoms with van der Waals surface area (Å²) in [7, 11) is 5.55. The van der Waals surface area contributed by atoms with Gasteiger partial charge in [0, 0.05) is 14.2 Å². The van der Waals surface area contributed by atoms with Crippen molar-refractivity contribution in [2.45, 2.75) is 0 Å². The van der Waals surface area contributed by atoms with Crippen LogP contribution in [0.25, 0.3) is 12.2 Å². The number of hydrogen-bond donors (Lipinski definition) is 0. The predicted molar refractivity (Wildman–Crippen MR) is 109 cm³/mol. The highest BCUT2D eigenvalue weighted by Gasteiger charge is 2.18. The summed E-state index contributed by atoms with van der Waals surface area (Å²) in [6, 6.07) is 10.2. The Bertz CT molecular complexity index is 904. The molecule has 0 unspecified atom stereocenters. The van der Waals surface area contributed by atoms with Crippen molar-refractivity contribution < 1.29 is 38.0 Å². The van der Waals surface area contributed by atoms with Gasteiger partial charge in [0.15, 0.2) is 25.1 Å². The first-order valence-electron chi connectivity index (χ1n) is 8.90. The Morgan fingerprint density at radius 3 is 1.83 bits per heavy atom. The Kier molecular flexibility index (Phi) is 8.86. The fourth-order valence-corrected chi connectivity index (χ4v) is 2.53. The third-order valence-electron chi connectivity index (χ3n) is 3.95. The van der Waals surface area contributed by atoms with Crippen LogP contribution in [0.1, 0.15) is 31.8 Å². The SMILES string of the molecule is COCOc1ccc(/C=C/c2ccc(C(=O)OC)c(C(=O)OC)c2)cc1OCOC. The summed E-state index contributed by atoms with van der Waals surface area (Å²) in [5.41, 5.74) is 1.78. The smallest absolute Gasteiger partial charge is 0.338 e. The molecular formula is C22H24O8. The number of esters is 2. The maximum absolute atomic E-state index is 12.0. The second-order valence-corrected chi connectivity index (χ2v) is 5.93. The molecule has 2 rings (SSSR count). The van der Waals surface area contributed by atoms with Crippen LogP contribution in [0.15, 0.2) is 36.4 Å². The van der Waals surface area contributed by atoms with Gasteiger partial charge in [0.05, 0.1) is 25.3 Å². The summed E-state index contributed by atoms with van der Waals surface area (Å²) >= 11 is 0. The van der Waals surface area contributed by atoms with Gasteiger partial charge in [0.2, 0.25) is 0 Å². The molecule has 0 aromatic heterocycles. The van der Waals surface area contributed by atoms with E-state index in [1.807, 2.05) is 12.1 Å². The van der Waals surface area contributed by atoms with Gasteiger partial charge in [-0.25, -0.2) is 9.59 Å². The minimum atomic E-state index is -0.624. The van der Waals surface area contributed by atoms with Crippen LogP contribution in [0.4, 0.5) is 0 Å². The highest BCUT2D eigenvalue weighted by Crippen LogP contribution is 2.29. The van der Waals surface area contributed by atoms with Crippen LogP contribution >= 0.6 is 0 Å². The Hall–Kier alpha value is -3.36. The zero-order valence-corrected chi connectivity index (χ0v) is 17.3. The molecule has 0 N–H and O–H groups in total. The van der Waals surface area contributed by atoms with E-state index in [1.54, 1.807) is 30.3 Å². The van der Waals surface area contributed by atoms with Gasteiger partial charge in [0.25, 0.3) is 0 Å². The van der Waals surface area contributed by atoms with E-state index in [9.17, 15) is 9.59 Å². The van der Waals surface area contributed by atoms with Gasteiger partial charge in [-0.2, -0.15) is 0 Å². The van der Waals surface area contributed by atoms with E-state index in [4.69, 9.17) is 28.4 Å². The fraction of sp³-hybridized carbons (Fsp3) is 0.273. The summed E-state index contributed by atoms with van der Waals surface area (Å²) in [4.78, 5) is 23.9. The molecule has 0 atom stereocenters. The molecule has 0 heterocycles. The van der Waals surface area contributed by atoms with Crippen molar-refractivity contribution in [1.82, 2.24) is 0 Å². The molecule has 2 aromatic rings. The average molecular weight is 416 g/mol. The summed E-state index contributed by atoms with van der Waals surface area (Å²) in [5, 5.41) is 0. The van der Waals surface area contributed by atoms with Gasteiger partial charge in [-0.1, -0.05) is 24.3 Å². The molecule has 0 saturated carbocycles. The zero-order chi connectivity index (χ0) is 21.9. The third-order valence-corrected chi connectivity index (χ3v) is 3.95. The largest absolute Gasteiger partial charge is 0.465 e. The quantitative estimate of drug-likeness (QED) is 0.331. The van der Waals surface area contributed by atoms with Crippen molar-refractivity contribution in [1.29, 1.82) is 0 Å². The van der Waals surface area contributed by atoms with E-state index in [0.717, 1.165) is 5.56 Å². The predicted octanol–water partition coefficient (Wildman–Crippen LogP) is 3.40. The van der Waals surface area contributed by atoms with Crippen LogP contribution in [-0.2, 0) is 18.9 Å². The topological polar surface area (TPSA) is 89.5 Å². The molecule has 0 aliphatic rings. The number of carbonyl (C=O) groups is 2. The number of methoxy groups -OCH3 is 4. The van der Waals surface area contributed by atoms with E-state index >= 15 is 0 Å². The van der Waals surface area contributed by atoms with Crippen molar-refractivity contribution in [3.05, 3.63) is 58.7 Å². The number of ether oxygens (including phenoxy) is 6. The molecule has 160 valence electrons. The highest BCUT2D eigenvalue weighted by atomic mass is 16.7. The van der Waals surface area contributed by atoms with Crippen LogP contribution in [0.2, 0.25) is 0 Å². The molecule has 0 radical (unpaired) electrons. The minimum Gasteiger partial charge on any atom is -0.465 e. The zero-order valence-electron chi connectivity index (χ0n) is 17.3. The maximum Gasteiger partial charge on any atom is 0.338 e. The van der Waals surface area contributed by atoms with Crippen LogP contribution in [0.5, 0.6) is 11.5 Å². The molecule has 0 bridgehead atoms. The first kappa shape index (κ1) is 22.9. The molecule has 30 heavy (non-hydrogen) atoms. The van der Waals surface area contributed by atoms with Crippen molar-refractivity contribution >= 4 is 24.1 Å². The van der Waals surface area contributed by atoms with Crippen LogP contribution in [0.3, 0.4) is 0 Å². The molecule has 0 aliphatic carbocycles. The van der Waals surface area contributed by atoms with E-state index in [1.165, 1.54) is 34.5 Å². The van der Waals surface area contributed by atoms with Gasteiger partial charge in [-0.05, 0) is 35.4 Å². The summed E-state index contributed by atoms with van der Waals surface area (Å²) in [6.45, 7) is 0.148. The summed E-state index contributed by atoms with van der Waals surface area (Å²) < 4.78 is 30.4. The van der Waals surface area contributed by atoms with Gasteiger partial charge in [-0.15, -0.1) is 0 Å². The lowest BCUT2D eigenvalue weighted by atomic mass is 10.0. The highest BCUT2D eigenvalue weighted by molar-refractivity contribution is 6.03. The number of benzene rings is 2. The number of rotatable bonds is 10. The van der Waals surface area contributed by atoms with Crippen LogP contribution < -0.4 is 9.47 Å². The standard InChI is InChI=1S/C22H24O8/c1-25-13-29-19-10-8-16(12-20(19)30-14-26-2)6-5-15-7-9-17(21(23)27-3)18(11-15)22(24)28-4/h5-12H,13-14H2,1-4H3/b6-5+. The molecule has 2 aromatic carbocycles. The second kappa shape index (κ2) is 11.6. The van der Waals surface area contributed by atoms with Crippen LogP contribution in [-0.4, -0.2) is 54.0 Å². The molecule has 0 amide bonds. The fourth-order valence-electron chi connectivity index (χ4n) is 2.53. The Morgan fingerprint density at radius 2 is 1.23 bits per heavy atom. The van der Waals surface area contributed by atoms with Gasteiger partial charge in [-0.3, -0.25) is 0 Å². The summed E-state index contributed by atoms with van der Waals surface area (Å²) in [6.07, 6.45) is 3.62. The van der Waals surface area contributed by atoms with Crippen molar-refractivity contribution in [2.24, 2.45) is 0 Å². The van der Waals surface area contributed by atoms with Crippen molar-refractivity contribution in [3.63, 3.8) is 0 Å². The van der Waals surface area contributed by atoms with Gasteiger partial charge in [0.1, 0.15) is 0 Å². The second-order valence-electron chi connectivity index (χ2n) is 5.93.